The number of carbonyl (C=O) groups excluding carboxylic acids is 1. The Morgan fingerprint density at radius 2 is 2.32 bits per heavy atom. The van der Waals surface area contributed by atoms with Crippen molar-refractivity contribution in [1.29, 1.82) is 5.26 Å². The molecule has 1 rings (SSSR count). The van der Waals surface area contributed by atoms with Gasteiger partial charge in [-0.25, -0.2) is 0 Å². The molecule has 114 valence electrons. The quantitative estimate of drug-likeness (QED) is 0.198. The molecule has 8 nitrogen and oxygen atoms in total. The van der Waals surface area contributed by atoms with Crippen LogP contribution < -0.4 is 15.4 Å². The number of benzene rings is 1. The topological polar surface area (TPSA) is 117 Å². The Hall–Kier alpha value is -3.34. The smallest absolute Gasteiger partial charge is 0.273 e. The molecule has 0 heterocycles. The van der Waals surface area contributed by atoms with Crippen molar-refractivity contribution in [2.45, 2.75) is 0 Å². The van der Waals surface area contributed by atoms with E-state index in [1.807, 2.05) is 0 Å². The standard InChI is InChI=1S/C14H14N4O4/c1-3-6-16-9-10(8-15)14(19)17-12-5-4-11(18(20)21)7-13(12)22-2/h3-5,7,9,16H,1,6H2,2H3,(H,17,19)/b10-9-. The highest BCUT2D eigenvalue weighted by Crippen LogP contribution is 2.29. The summed E-state index contributed by atoms with van der Waals surface area (Å²) < 4.78 is 5.00. The SMILES string of the molecule is C=CCN/C=C(/C#N)C(=O)Nc1ccc([N+](=O)[O-])cc1OC. The molecule has 2 N–H and O–H groups in total. The van der Waals surface area contributed by atoms with Crippen molar-refractivity contribution >= 4 is 17.3 Å². The van der Waals surface area contributed by atoms with E-state index in [0.717, 1.165) is 0 Å². The third kappa shape index (κ3) is 4.35. The predicted octanol–water partition coefficient (Wildman–Crippen LogP) is 1.72. The van der Waals surface area contributed by atoms with Crippen molar-refractivity contribution in [2.24, 2.45) is 0 Å². The van der Waals surface area contributed by atoms with Gasteiger partial charge in [0.15, 0.2) is 0 Å². The molecule has 0 fully saturated rings. The van der Waals surface area contributed by atoms with Gasteiger partial charge in [0.05, 0.1) is 23.8 Å². The summed E-state index contributed by atoms with van der Waals surface area (Å²) in [6.07, 6.45) is 2.83. The zero-order valence-electron chi connectivity index (χ0n) is 11.8. The first kappa shape index (κ1) is 16.7. The molecule has 8 heteroatoms. The number of nitrogens with zero attached hydrogens (tertiary/aromatic N) is 2. The lowest BCUT2D eigenvalue weighted by molar-refractivity contribution is -0.384. The minimum absolute atomic E-state index is 0.124. The van der Waals surface area contributed by atoms with E-state index >= 15 is 0 Å². The first-order valence-corrected chi connectivity index (χ1v) is 6.11. The number of amides is 1. The number of nitro groups is 1. The average molecular weight is 302 g/mol. The second kappa shape index (κ2) is 8.06. The lowest BCUT2D eigenvalue weighted by Crippen LogP contribution is -2.17. The molecule has 0 aliphatic heterocycles. The van der Waals surface area contributed by atoms with E-state index in [0.29, 0.717) is 6.54 Å². The minimum atomic E-state index is -0.661. The van der Waals surface area contributed by atoms with Crippen LogP contribution in [0.25, 0.3) is 0 Å². The third-order valence-electron chi connectivity index (χ3n) is 2.52. The number of hydrogen-bond acceptors (Lipinski definition) is 6. The lowest BCUT2D eigenvalue weighted by atomic mass is 10.2. The van der Waals surface area contributed by atoms with Crippen LogP contribution in [0.4, 0.5) is 11.4 Å². The summed E-state index contributed by atoms with van der Waals surface area (Å²) in [4.78, 5) is 22.1. The lowest BCUT2D eigenvalue weighted by Gasteiger charge is -2.09. The van der Waals surface area contributed by atoms with E-state index in [1.54, 1.807) is 12.1 Å². The number of rotatable bonds is 7. The van der Waals surface area contributed by atoms with Gasteiger partial charge >= 0.3 is 0 Å². The molecule has 0 atom stereocenters. The molecule has 0 radical (unpaired) electrons. The molecule has 0 aliphatic carbocycles. The monoisotopic (exact) mass is 302 g/mol. The normalized spacial score (nSPS) is 10.3. The molecule has 0 aliphatic rings. The van der Waals surface area contributed by atoms with Gasteiger partial charge in [0.1, 0.15) is 17.4 Å². The number of nitriles is 1. The number of ether oxygens (including phenoxy) is 1. The van der Waals surface area contributed by atoms with Gasteiger partial charge in [-0.15, -0.1) is 6.58 Å². The number of nitrogens with one attached hydrogen (secondary N) is 2. The molecule has 0 aromatic heterocycles. The van der Waals surface area contributed by atoms with E-state index in [2.05, 4.69) is 17.2 Å². The van der Waals surface area contributed by atoms with Crippen molar-refractivity contribution in [1.82, 2.24) is 5.32 Å². The number of methoxy groups -OCH3 is 1. The summed E-state index contributed by atoms with van der Waals surface area (Å²) in [5.41, 5.74) is -0.0937. The van der Waals surface area contributed by atoms with Crippen LogP contribution in [0, 0.1) is 21.4 Å². The third-order valence-corrected chi connectivity index (χ3v) is 2.52. The van der Waals surface area contributed by atoms with Crippen LogP contribution in [0.15, 0.2) is 42.6 Å². The van der Waals surface area contributed by atoms with Gasteiger partial charge in [0, 0.05) is 18.8 Å². The van der Waals surface area contributed by atoms with Crippen LogP contribution in [-0.4, -0.2) is 24.5 Å². The molecule has 22 heavy (non-hydrogen) atoms. The fraction of sp³-hybridized carbons (Fsp3) is 0.143. The molecule has 0 unspecified atom stereocenters. The van der Waals surface area contributed by atoms with E-state index in [9.17, 15) is 14.9 Å². The maximum atomic E-state index is 12.0. The Labute approximate surface area is 126 Å². The predicted molar refractivity (Wildman–Crippen MR) is 80.2 cm³/mol. The van der Waals surface area contributed by atoms with Crippen LogP contribution in [0.5, 0.6) is 5.75 Å². The average Bonchev–Trinajstić information content (AvgIpc) is 2.51. The van der Waals surface area contributed by atoms with E-state index in [4.69, 9.17) is 10.00 Å². The number of anilines is 1. The Kier molecular flexibility index (Phi) is 6.12. The first-order chi connectivity index (χ1) is 10.5. The molecule has 0 saturated carbocycles. The molecule has 0 bridgehead atoms. The summed E-state index contributed by atoms with van der Waals surface area (Å²) >= 11 is 0. The molecular formula is C14H14N4O4. The van der Waals surface area contributed by atoms with Crippen LogP contribution in [0.3, 0.4) is 0 Å². The second-order valence-corrected chi connectivity index (χ2v) is 3.96. The van der Waals surface area contributed by atoms with E-state index < -0.39 is 10.8 Å². The molecule has 1 aromatic rings. The van der Waals surface area contributed by atoms with Crippen molar-refractivity contribution in [3.63, 3.8) is 0 Å². The maximum absolute atomic E-state index is 12.0. The van der Waals surface area contributed by atoms with Gasteiger partial charge < -0.3 is 15.4 Å². The number of carbonyl (C=O) groups is 1. The molecule has 0 saturated heterocycles. The summed E-state index contributed by atoms with van der Waals surface area (Å²) in [7, 11) is 1.32. The molecule has 1 aromatic carbocycles. The Morgan fingerprint density at radius 3 is 2.86 bits per heavy atom. The largest absolute Gasteiger partial charge is 0.494 e. The highest BCUT2D eigenvalue weighted by molar-refractivity contribution is 6.07. The van der Waals surface area contributed by atoms with Gasteiger partial charge in [0.2, 0.25) is 0 Å². The highest BCUT2D eigenvalue weighted by Gasteiger charge is 2.15. The van der Waals surface area contributed by atoms with Crippen molar-refractivity contribution in [3.05, 3.63) is 52.7 Å². The first-order valence-electron chi connectivity index (χ1n) is 6.11. The van der Waals surface area contributed by atoms with Gasteiger partial charge in [-0.2, -0.15) is 5.26 Å². The highest BCUT2D eigenvalue weighted by atomic mass is 16.6. The van der Waals surface area contributed by atoms with Crippen LogP contribution >= 0.6 is 0 Å². The fourth-order valence-electron chi connectivity index (χ4n) is 1.48. The molecule has 1 amide bonds. The molecular weight excluding hydrogens is 288 g/mol. The number of nitro benzene ring substituents is 1. The molecule has 0 spiro atoms. The Balaban J connectivity index is 2.96. The van der Waals surface area contributed by atoms with Gasteiger partial charge in [-0.1, -0.05) is 6.08 Å². The summed E-state index contributed by atoms with van der Waals surface area (Å²) in [6.45, 7) is 3.90. The van der Waals surface area contributed by atoms with Crippen LogP contribution in [0.2, 0.25) is 0 Å². The van der Waals surface area contributed by atoms with Crippen LogP contribution in [0.1, 0.15) is 0 Å². The van der Waals surface area contributed by atoms with Crippen molar-refractivity contribution in [3.8, 4) is 11.8 Å². The second-order valence-electron chi connectivity index (χ2n) is 3.96. The van der Waals surface area contributed by atoms with Gasteiger partial charge in [0.25, 0.3) is 11.6 Å². The Morgan fingerprint density at radius 1 is 1.59 bits per heavy atom. The van der Waals surface area contributed by atoms with E-state index in [-0.39, 0.29) is 22.7 Å². The summed E-state index contributed by atoms with van der Waals surface area (Å²) in [6, 6.07) is 5.49. The van der Waals surface area contributed by atoms with Crippen molar-refractivity contribution < 1.29 is 14.5 Å². The number of hydrogen-bond donors (Lipinski definition) is 2. The van der Waals surface area contributed by atoms with Crippen LogP contribution in [-0.2, 0) is 4.79 Å². The van der Waals surface area contributed by atoms with Gasteiger partial charge in [-0.05, 0) is 6.07 Å². The fourth-order valence-corrected chi connectivity index (χ4v) is 1.48. The number of non-ortho nitro benzene ring substituents is 1. The van der Waals surface area contributed by atoms with E-state index in [1.165, 1.54) is 31.5 Å². The zero-order valence-corrected chi connectivity index (χ0v) is 11.8. The van der Waals surface area contributed by atoms with Gasteiger partial charge in [-0.3, -0.25) is 14.9 Å². The summed E-state index contributed by atoms with van der Waals surface area (Å²) in [5.74, 6) is -0.537. The minimum Gasteiger partial charge on any atom is -0.494 e. The van der Waals surface area contributed by atoms with Crippen molar-refractivity contribution in [2.75, 3.05) is 19.0 Å². The summed E-state index contributed by atoms with van der Waals surface area (Å²) in [5, 5.41) is 24.8. The zero-order chi connectivity index (χ0) is 16.5. The Bertz CT molecular complexity index is 661. The maximum Gasteiger partial charge on any atom is 0.273 e.